The number of carbonyl (C=O) groups excluding carboxylic acids is 2. The van der Waals surface area contributed by atoms with Crippen LogP contribution in [0.1, 0.15) is 38.1 Å². The van der Waals surface area contributed by atoms with Crippen molar-refractivity contribution in [2.75, 3.05) is 7.05 Å². The van der Waals surface area contributed by atoms with Crippen LogP contribution in [0.5, 0.6) is 0 Å². The van der Waals surface area contributed by atoms with Gasteiger partial charge in [-0.05, 0) is 6.92 Å². The van der Waals surface area contributed by atoms with Gasteiger partial charge in [-0.25, -0.2) is 19.9 Å². The van der Waals surface area contributed by atoms with Gasteiger partial charge in [-0.15, -0.1) is 11.3 Å². The minimum absolute atomic E-state index is 0.0134. The lowest BCUT2D eigenvalue weighted by Crippen LogP contribution is -2.36. The third-order valence-electron chi connectivity index (χ3n) is 3.66. The summed E-state index contributed by atoms with van der Waals surface area (Å²) in [5.74, 6) is -0.803. The quantitative estimate of drug-likeness (QED) is 0.420. The Morgan fingerprint density at radius 2 is 2.04 bits per heavy atom. The third kappa shape index (κ3) is 3.74. The maximum absolute atomic E-state index is 12.6. The van der Waals surface area contributed by atoms with Gasteiger partial charge in [0.05, 0.1) is 18.6 Å². The number of nitrogens with one attached hydrogen (secondary N) is 2. The molecule has 0 bridgehead atoms. The van der Waals surface area contributed by atoms with Gasteiger partial charge in [-0.3, -0.25) is 19.9 Å². The number of guanidine groups is 1. The van der Waals surface area contributed by atoms with E-state index in [0.717, 1.165) is 11.3 Å². The highest BCUT2D eigenvalue weighted by Crippen LogP contribution is 2.21. The summed E-state index contributed by atoms with van der Waals surface area (Å²) in [5.41, 5.74) is 6.63. The Morgan fingerprint density at radius 1 is 1.26 bits per heavy atom. The van der Waals surface area contributed by atoms with Gasteiger partial charge in [0.15, 0.2) is 17.3 Å². The molecule has 3 aromatic heterocycles. The van der Waals surface area contributed by atoms with Crippen LogP contribution in [-0.2, 0) is 7.05 Å². The lowest BCUT2D eigenvalue weighted by atomic mass is 10.3. The van der Waals surface area contributed by atoms with E-state index in [-0.39, 0.29) is 11.7 Å². The number of imidazole rings is 1. The summed E-state index contributed by atoms with van der Waals surface area (Å²) in [7, 11) is 3.25. The predicted octanol–water partition coefficient (Wildman–Crippen LogP) is -0.0149. The summed E-state index contributed by atoms with van der Waals surface area (Å²) in [4.78, 5) is 45.1. The first-order valence-electron chi connectivity index (χ1n) is 7.83. The van der Waals surface area contributed by atoms with Gasteiger partial charge < -0.3 is 15.6 Å². The maximum atomic E-state index is 12.6. The lowest BCUT2D eigenvalue weighted by Gasteiger charge is -2.10. The number of nitrogens with two attached hydrogens (primary N) is 1. The summed E-state index contributed by atoms with van der Waals surface area (Å²) >= 11 is 1.15. The zero-order chi connectivity index (χ0) is 19.6. The number of fused-ring (bicyclic) bond motifs is 1. The summed E-state index contributed by atoms with van der Waals surface area (Å²) in [5, 5.41) is 5.80. The highest BCUT2D eigenvalue weighted by Gasteiger charge is 2.21. The number of thiazole rings is 1. The highest BCUT2D eigenvalue weighted by molar-refractivity contribution is 7.13. The standard InChI is InChI=1S/C15H17N9O2S/c1-7(14-18-4-8(27-14)12(25)23-15(16)17-2)22-13(26)10-9-11(20-5-19-10)24(3)6-21-9/h4-7H,1-3H3,(H,22,26)(H3,16,17,23,25). The molecule has 1 unspecified atom stereocenters. The summed E-state index contributed by atoms with van der Waals surface area (Å²) in [6.45, 7) is 1.76. The van der Waals surface area contributed by atoms with Gasteiger partial charge in [0.1, 0.15) is 21.7 Å². The Morgan fingerprint density at radius 3 is 2.78 bits per heavy atom. The average molecular weight is 387 g/mol. The molecule has 3 rings (SSSR count). The molecule has 0 saturated heterocycles. The number of carbonyl (C=O) groups is 2. The molecule has 0 aliphatic heterocycles. The van der Waals surface area contributed by atoms with Crippen molar-refractivity contribution in [1.82, 2.24) is 35.1 Å². The van der Waals surface area contributed by atoms with Gasteiger partial charge in [0.2, 0.25) is 0 Å². The molecule has 4 N–H and O–H groups in total. The van der Waals surface area contributed by atoms with Crippen LogP contribution in [0, 0.1) is 0 Å². The molecule has 0 fully saturated rings. The molecule has 0 radical (unpaired) electrons. The number of nitrogens with zero attached hydrogens (tertiary/aromatic N) is 6. The first-order valence-corrected chi connectivity index (χ1v) is 8.64. The van der Waals surface area contributed by atoms with E-state index in [4.69, 9.17) is 5.73 Å². The van der Waals surface area contributed by atoms with Crippen LogP contribution in [0.25, 0.3) is 11.2 Å². The van der Waals surface area contributed by atoms with Crippen molar-refractivity contribution in [3.05, 3.63) is 34.4 Å². The molecule has 1 atom stereocenters. The van der Waals surface area contributed by atoms with E-state index in [9.17, 15) is 9.59 Å². The molecule has 12 heteroatoms. The minimum Gasteiger partial charge on any atom is -0.370 e. The van der Waals surface area contributed by atoms with Crippen molar-refractivity contribution in [1.29, 1.82) is 0 Å². The van der Waals surface area contributed by atoms with Gasteiger partial charge >= 0.3 is 0 Å². The largest absolute Gasteiger partial charge is 0.370 e. The van der Waals surface area contributed by atoms with E-state index in [0.29, 0.717) is 21.0 Å². The van der Waals surface area contributed by atoms with Crippen LogP contribution in [-0.4, -0.2) is 49.3 Å². The Bertz CT molecular complexity index is 1040. The monoisotopic (exact) mass is 387 g/mol. The van der Waals surface area contributed by atoms with Crippen molar-refractivity contribution in [2.45, 2.75) is 13.0 Å². The molecule has 0 aromatic carbocycles. The number of amides is 2. The topological polar surface area (TPSA) is 153 Å². The van der Waals surface area contributed by atoms with Crippen LogP contribution in [0.15, 0.2) is 23.8 Å². The van der Waals surface area contributed by atoms with E-state index >= 15 is 0 Å². The molecule has 3 heterocycles. The smallest absolute Gasteiger partial charge is 0.272 e. The van der Waals surface area contributed by atoms with Gasteiger partial charge in [-0.1, -0.05) is 0 Å². The van der Waals surface area contributed by atoms with Crippen LogP contribution >= 0.6 is 11.3 Å². The Kier molecular flexibility index (Phi) is 5.07. The molecule has 0 aliphatic rings. The normalized spacial score (nSPS) is 12.8. The molecule has 0 spiro atoms. The van der Waals surface area contributed by atoms with Gasteiger partial charge in [0.25, 0.3) is 11.8 Å². The van der Waals surface area contributed by atoms with Gasteiger partial charge in [0, 0.05) is 14.1 Å². The second-order valence-corrected chi connectivity index (χ2v) is 6.63. The van der Waals surface area contributed by atoms with Crippen LogP contribution < -0.4 is 16.4 Å². The van der Waals surface area contributed by atoms with E-state index in [1.807, 2.05) is 0 Å². The first-order chi connectivity index (χ1) is 12.9. The molecular weight excluding hydrogens is 370 g/mol. The van der Waals surface area contributed by atoms with Gasteiger partial charge in [-0.2, -0.15) is 0 Å². The molecule has 2 amide bonds. The van der Waals surface area contributed by atoms with Crippen LogP contribution in [0.2, 0.25) is 0 Å². The van der Waals surface area contributed by atoms with Crippen molar-refractivity contribution in [2.24, 2.45) is 17.8 Å². The van der Waals surface area contributed by atoms with Crippen LogP contribution in [0.4, 0.5) is 0 Å². The third-order valence-corrected chi connectivity index (χ3v) is 4.84. The number of hydrogen-bond acceptors (Lipinski definition) is 8. The molecule has 27 heavy (non-hydrogen) atoms. The first kappa shape index (κ1) is 18.4. The summed E-state index contributed by atoms with van der Waals surface area (Å²) < 4.78 is 1.70. The fraction of sp³-hybridized carbons (Fsp3) is 0.267. The van der Waals surface area contributed by atoms with Crippen molar-refractivity contribution in [3.63, 3.8) is 0 Å². The zero-order valence-electron chi connectivity index (χ0n) is 14.8. The number of rotatable bonds is 4. The minimum atomic E-state index is -0.435. The Labute approximate surface area is 157 Å². The molecule has 0 aliphatic carbocycles. The number of aliphatic imine (C=N–C) groups is 1. The van der Waals surface area contributed by atoms with E-state index in [1.54, 1.807) is 24.9 Å². The fourth-order valence-electron chi connectivity index (χ4n) is 2.26. The zero-order valence-corrected chi connectivity index (χ0v) is 15.6. The van der Waals surface area contributed by atoms with Crippen LogP contribution in [0.3, 0.4) is 0 Å². The van der Waals surface area contributed by atoms with E-state index < -0.39 is 17.9 Å². The molecular formula is C15H17N9O2S. The van der Waals surface area contributed by atoms with Crippen molar-refractivity contribution < 1.29 is 9.59 Å². The second kappa shape index (κ2) is 7.45. The maximum Gasteiger partial charge on any atom is 0.272 e. The SMILES string of the molecule is CN=C(N)NC(=O)c1cnc(C(C)NC(=O)c2ncnc3c2ncn3C)s1. The highest BCUT2D eigenvalue weighted by atomic mass is 32.1. The summed E-state index contributed by atoms with van der Waals surface area (Å²) in [6.07, 6.45) is 4.30. The van der Waals surface area contributed by atoms with E-state index in [1.165, 1.54) is 19.6 Å². The Balaban J connectivity index is 1.74. The number of aryl methyl sites for hydroxylation is 1. The van der Waals surface area contributed by atoms with E-state index in [2.05, 4.69) is 35.6 Å². The Hall–Kier alpha value is -3.41. The lowest BCUT2D eigenvalue weighted by molar-refractivity contribution is 0.0935. The van der Waals surface area contributed by atoms with Crippen molar-refractivity contribution in [3.8, 4) is 0 Å². The number of hydrogen-bond donors (Lipinski definition) is 3. The predicted molar refractivity (Wildman–Crippen MR) is 99.3 cm³/mol. The van der Waals surface area contributed by atoms with Crippen molar-refractivity contribution >= 4 is 40.3 Å². The molecule has 3 aromatic rings. The second-order valence-electron chi connectivity index (χ2n) is 5.57. The fourth-order valence-corrected chi connectivity index (χ4v) is 3.08. The molecule has 140 valence electrons. The average Bonchev–Trinajstić information content (AvgIpc) is 3.29. The molecule has 0 saturated carbocycles. The number of aromatic nitrogens is 5. The molecule has 11 nitrogen and oxygen atoms in total. The summed E-state index contributed by atoms with van der Waals surface area (Å²) in [6, 6.07) is -0.435.